The number of carbonyl (C=O) groups is 1. The van der Waals surface area contributed by atoms with Crippen LogP contribution in [0.2, 0.25) is 0 Å². The second-order valence-corrected chi connectivity index (χ2v) is 6.11. The number of hydrogen-bond acceptors (Lipinski definition) is 3. The van der Waals surface area contributed by atoms with E-state index in [1.807, 2.05) is 11.9 Å². The van der Waals surface area contributed by atoms with Gasteiger partial charge >= 0.3 is 0 Å². The van der Waals surface area contributed by atoms with Crippen LogP contribution in [0.25, 0.3) is 0 Å². The number of nitrogens with zero attached hydrogens (tertiary/aromatic N) is 2. The van der Waals surface area contributed by atoms with Crippen LogP contribution in [0.4, 0.5) is 0 Å². The molecule has 4 heteroatoms. The Hall–Kier alpha value is -0.610. The molecule has 0 aromatic rings. The summed E-state index contributed by atoms with van der Waals surface area (Å²) in [7, 11) is 1.95. The van der Waals surface area contributed by atoms with Gasteiger partial charge in [-0.15, -0.1) is 0 Å². The topological polar surface area (TPSA) is 49.6 Å². The maximum atomic E-state index is 12.5. The molecule has 4 nitrogen and oxygen atoms in total. The van der Waals surface area contributed by atoms with Crippen LogP contribution in [0.15, 0.2) is 0 Å². The number of hydrogen-bond donors (Lipinski definition) is 1. The first-order valence-electron chi connectivity index (χ1n) is 7.70. The molecule has 112 valence electrons. The van der Waals surface area contributed by atoms with Crippen LogP contribution in [-0.4, -0.2) is 55.0 Å². The molecule has 0 saturated carbocycles. The van der Waals surface area contributed by atoms with E-state index in [1.165, 1.54) is 13.0 Å². The first kappa shape index (κ1) is 16.4. The zero-order valence-electron chi connectivity index (χ0n) is 13.1. The van der Waals surface area contributed by atoms with Gasteiger partial charge in [-0.1, -0.05) is 20.8 Å². The normalized spacial score (nSPS) is 19.7. The molecule has 19 heavy (non-hydrogen) atoms. The Morgan fingerprint density at radius 2 is 1.95 bits per heavy atom. The molecule has 1 unspecified atom stereocenters. The molecule has 0 aliphatic carbocycles. The van der Waals surface area contributed by atoms with Crippen molar-refractivity contribution in [3.63, 3.8) is 0 Å². The molecular formula is C15H31N3O. The SMILES string of the molecule is CCCN1CCC(N(C)C(=O)C(CN)C(C)C)CC1. The first-order chi connectivity index (χ1) is 9.01. The van der Waals surface area contributed by atoms with Gasteiger partial charge in [0.1, 0.15) is 0 Å². The van der Waals surface area contributed by atoms with E-state index in [0.717, 1.165) is 25.9 Å². The Morgan fingerprint density at radius 1 is 1.37 bits per heavy atom. The number of carbonyl (C=O) groups excluding carboxylic acids is 1. The van der Waals surface area contributed by atoms with Crippen molar-refractivity contribution in [3.05, 3.63) is 0 Å². The maximum Gasteiger partial charge on any atom is 0.227 e. The highest BCUT2D eigenvalue weighted by Gasteiger charge is 2.30. The largest absolute Gasteiger partial charge is 0.342 e. The molecule has 2 N–H and O–H groups in total. The van der Waals surface area contributed by atoms with Crippen molar-refractivity contribution in [1.29, 1.82) is 0 Å². The fourth-order valence-corrected chi connectivity index (χ4v) is 2.95. The number of likely N-dealkylation sites (tertiary alicyclic amines) is 1. The lowest BCUT2D eigenvalue weighted by molar-refractivity contribution is -0.138. The van der Waals surface area contributed by atoms with Crippen LogP contribution in [0.1, 0.15) is 40.0 Å². The van der Waals surface area contributed by atoms with E-state index in [-0.39, 0.29) is 11.8 Å². The molecule has 1 rings (SSSR count). The monoisotopic (exact) mass is 269 g/mol. The van der Waals surface area contributed by atoms with Gasteiger partial charge < -0.3 is 15.5 Å². The maximum absolute atomic E-state index is 12.5. The summed E-state index contributed by atoms with van der Waals surface area (Å²) in [4.78, 5) is 16.9. The second-order valence-electron chi connectivity index (χ2n) is 6.11. The van der Waals surface area contributed by atoms with Gasteiger partial charge in [-0.25, -0.2) is 0 Å². The Morgan fingerprint density at radius 3 is 2.37 bits per heavy atom. The van der Waals surface area contributed by atoms with Gasteiger partial charge in [0.05, 0.1) is 5.92 Å². The Bertz CT molecular complexity index is 273. The van der Waals surface area contributed by atoms with Crippen LogP contribution in [-0.2, 0) is 4.79 Å². The zero-order valence-corrected chi connectivity index (χ0v) is 13.1. The fraction of sp³-hybridized carbons (Fsp3) is 0.933. The highest BCUT2D eigenvalue weighted by atomic mass is 16.2. The summed E-state index contributed by atoms with van der Waals surface area (Å²) < 4.78 is 0. The summed E-state index contributed by atoms with van der Waals surface area (Å²) in [6.07, 6.45) is 3.40. The lowest BCUT2D eigenvalue weighted by Crippen LogP contribution is -2.49. The fourth-order valence-electron chi connectivity index (χ4n) is 2.95. The van der Waals surface area contributed by atoms with Gasteiger partial charge in [-0.3, -0.25) is 4.79 Å². The Kier molecular flexibility index (Phi) is 6.80. The minimum absolute atomic E-state index is 0.0290. The van der Waals surface area contributed by atoms with E-state index in [1.54, 1.807) is 0 Å². The molecule has 1 saturated heterocycles. The van der Waals surface area contributed by atoms with E-state index >= 15 is 0 Å². The van der Waals surface area contributed by atoms with Crippen molar-refractivity contribution in [2.75, 3.05) is 33.2 Å². The molecule has 1 aliphatic rings. The Labute approximate surface area is 118 Å². The van der Waals surface area contributed by atoms with Crippen molar-refractivity contribution in [1.82, 2.24) is 9.80 Å². The lowest BCUT2D eigenvalue weighted by Gasteiger charge is -2.38. The van der Waals surface area contributed by atoms with E-state index in [0.29, 0.717) is 18.5 Å². The Balaban J connectivity index is 2.50. The molecule has 1 aliphatic heterocycles. The molecule has 0 aromatic heterocycles. The molecule has 1 atom stereocenters. The summed E-state index contributed by atoms with van der Waals surface area (Å²) in [5, 5.41) is 0. The molecule has 1 fully saturated rings. The van der Waals surface area contributed by atoms with Crippen LogP contribution >= 0.6 is 0 Å². The smallest absolute Gasteiger partial charge is 0.227 e. The summed E-state index contributed by atoms with van der Waals surface area (Å²) in [6, 6.07) is 0.397. The third-order valence-corrected chi connectivity index (χ3v) is 4.37. The second kappa shape index (κ2) is 7.85. The summed E-state index contributed by atoms with van der Waals surface area (Å²) >= 11 is 0. The molecule has 0 radical (unpaired) electrons. The molecule has 1 amide bonds. The lowest BCUT2D eigenvalue weighted by atomic mass is 9.93. The van der Waals surface area contributed by atoms with Gasteiger partial charge in [0.25, 0.3) is 0 Å². The zero-order chi connectivity index (χ0) is 14.4. The van der Waals surface area contributed by atoms with Gasteiger partial charge in [-0.2, -0.15) is 0 Å². The van der Waals surface area contributed by atoms with Crippen LogP contribution in [0.5, 0.6) is 0 Å². The third kappa shape index (κ3) is 4.46. The molecule has 0 spiro atoms. The quantitative estimate of drug-likeness (QED) is 0.796. The molecular weight excluding hydrogens is 238 g/mol. The van der Waals surface area contributed by atoms with Gasteiger partial charge in [0, 0.05) is 32.7 Å². The van der Waals surface area contributed by atoms with Crippen LogP contribution < -0.4 is 5.73 Å². The molecule has 0 aromatic carbocycles. The number of amides is 1. The average molecular weight is 269 g/mol. The van der Waals surface area contributed by atoms with Crippen molar-refractivity contribution in [2.24, 2.45) is 17.6 Å². The first-order valence-corrected chi connectivity index (χ1v) is 7.70. The van der Waals surface area contributed by atoms with E-state index < -0.39 is 0 Å². The van der Waals surface area contributed by atoms with Crippen molar-refractivity contribution in [2.45, 2.75) is 46.1 Å². The summed E-state index contributed by atoms with van der Waals surface area (Å²) in [5.74, 6) is 0.519. The van der Waals surface area contributed by atoms with E-state index in [2.05, 4.69) is 25.7 Å². The van der Waals surface area contributed by atoms with Gasteiger partial charge in [-0.05, 0) is 31.7 Å². The standard InChI is InChI=1S/C15H31N3O/c1-5-8-18-9-6-13(7-10-18)17(4)15(19)14(11-16)12(2)3/h12-14H,5-11,16H2,1-4H3. The summed E-state index contributed by atoms with van der Waals surface area (Å²) in [6.45, 7) is 10.2. The molecule has 0 bridgehead atoms. The number of nitrogens with two attached hydrogens (primary N) is 1. The van der Waals surface area contributed by atoms with Crippen LogP contribution in [0, 0.1) is 11.8 Å². The minimum atomic E-state index is -0.0290. The average Bonchev–Trinajstić information content (AvgIpc) is 2.39. The van der Waals surface area contributed by atoms with Gasteiger partial charge in [0.2, 0.25) is 5.91 Å². The van der Waals surface area contributed by atoms with Crippen molar-refractivity contribution >= 4 is 5.91 Å². The third-order valence-electron chi connectivity index (χ3n) is 4.37. The van der Waals surface area contributed by atoms with E-state index in [4.69, 9.17) is 5.73 Å². The van der Waals surface area contributed by atoms with Gasteiger partial charge in [0.15, 0.2) is 0 Å². The van der Waals surface area contributed by atoms with Crippen LogP contribution in [0.3, 0.4) is 0 Å². The van der Waals surface area contributed by atoms with Crippen molar-refractivity contribution < 1.29 is 4.79 Å². The highest BCUT2D eigenvalue weighted by molar-refractivity contribution is 5.79. The predicted molar refractivity (Wildman–Crippen MR) is 79.9 cm³/mol. The number of rotatable bonds is 6. The molecule has 1 heterocycles. The van der Waals surface area contributed by atoms with Crippen molar-refractivity contribution in [3.8, 4) is 0 Å². The van der Waals surface area contributed by atoms with E-state index in [9.17, 15) is 4.79 Å². The number of piperidine rings is 1. The summed E-state index contributed by atoms with van der Waals surface area (Å²) in [5.41, 5.74) is 5.75. The minimum Gasteiger partial charge on any atom is -0.342 e. The predicted octanol–water partition coefficient (Wildman–Crippen LogP) is 1.55. The highest BCUT2D eigenvalue weighted by Crippen LogP contribution is 2.20.